The number of methoxy groups -OCH3 is 2. The van der Waals surface area contributed by atoms with Gasteiger partial charge in [-0.1, -0.05) is 48.5 Å². The number of aromatic hydroxyl groups is 2. The summed E-state index contributed by atoms with van der Waals surface area (Å²) in [5.74, 6) is -4.10. The summed E-state index contributed by atoms with van der Waals surface area (Å²) < 4.78 is 29.5. The second kappa shape index (κ2) is 8.03. The summed E-state index contributed by atoms with van der Waals surface area (Å²) in [6, 6.07) is 13.5. The van der Waals surface area contributed by atoms with Crippen LogP contribution in [-0.4, -0.2) is 53.5 Å². The van der Waals surface area contributed by atoms with Gasteiger partial charge in [0.15, 0.2) is 11.7 Å². The van der Waals surface area contributed by atoms with E-state index in [0.29, 0.717) is 21.5 Å². The minimum absolute atomic E-state index is 0.0563. The fourth-order valence-electron chi connectivity index (χ4n) is 6.79. The van der Waals surface area contributed by atoms with E-state index in [0.717, 1.165) is 0 Å². The van der Waals surface area contributed by atoms with E-state index in [9.17, 15) is 24.6 Å². The van der Waals surface area contributed by atoms with Crippen molar-refractivity contribution in [3.8, 4) is 23.0 Å². The highest BCUT2D eigenvalue weighted by Crippen LogP contribution is 2.68. The van der Waals surface area contributed by atoms with Crippen LogP contribution >= 0.6 is 0 Å². The Morgan fingerprint density at radius 1 is 0.756 bits per heavy atom. The third-order valence-electron chi connectivity index (χ3n) is 8.54. The van der Waals surface area contributed by atoms with Gasteiger partial charge in [-0.3, -0.25) is 4.79 Å². The van der Waals surface area contributed by atoms with Crippen molar-refractivity contribution < 1.29 is 48.3 Å². The van der Waals surface area contributed by atoms with Crippen molar-refractivity contribution >= 4 is 39.5 Å². The number of rotatable bonds is 2. The lowest BCUT2D eigenvalue weighted by molar-refractivity contribution is -0.154. The molecule has 10 nitrogen and oxygen atoms in total. The van der Waals surface area contributed by atoms with Gasteiger partial charge in [0.05, 0.1) is 19.8 Å². The summed E-state index contributed by atoms with van der Waals surface area (Å²) in [4.78, 5) is 40.3. The third-order valence-corrected chi connectivity index (χ3v) is 8.54. The van der Waals surface area contributed by atoms with Crippen molar-refractivity contribution in [3.05, 3.63) is 70.8 Å². The molecule has 0 unspecified atom stereocenters. The molecule has 0 saturated carbocycles. The lowest BCUT2D eigenvalue weighted by Gasteiger charge is -2.45. The van der Waals surface area contributed by atoms with Crippen molar-refractivity contribution in [2.75, 3.05) is 14.2 Å². The molecule has 41 heavy (non-hydrogen) atoms. The SMILES string of the molecule is COC(=O)c1c2c(c3ccccc3c1O)O[C@]13[C@@H]2Oc2c(c(C(=O)OC)c(O)c4ccccc24)[C@H]1C(=O)OC3(C)C. The quantitative estimate of drug-likeness (QED) is 0.265. The number of fused-ring (bicyclic) bond motifs is 8. The number of benzene rings is 4. The summed E-state index contributed by atoms with van der Waals surface area (Å²) in [7, 11) is 2.36. The van der Waals surface area contributed by atoms with Gasteiger partial charge in [-0.05, 0) is 13.8 Å². The summed E-state index contributed by atoms with van der Waals surface area (Å²) >= 11 is 0. The molecule has 0 aliphatic carbocycles. The maximum Gasteiger partial charge on any atom is 0.342 e. The van der Waals surface area contributed by atoms with Gasteiger partial charge < -0.3 is 33.9 Å². The van der Waals surface area contributed by atoms with Crippen LogP contribution in [0, 0.1) is 0 Å². The number of ether oxygens (including phenoxy) is 5. The zero-order valence-corrected chi connectivity index (χ0v) is 22.4. The largest absolute Gasteiger partial charge is 0.506 e. The second-order valence-corrected chi connectivity index (χ2v) is 10.8. The maximum atomic E-state index is 13.9. The van der Waals surface area contributed by atoms with Crippen LogP contribution < -0.4 is 9.47 Å². The Kier molecular flexibility index (Phi) is 4.90. The molecule has 2 N–H and O–H groups in total. The minimum Gasteiger partial charge on any atom is -0.506 e. The zero-order chi connectivity index (χ0) is 29.0. The number of hydrogen-bond donors (Lipinski definition) is 2. The van der Waals surface area contributed by atoms with Crippen molar-refractivity contribution in [2.24, 2.45) is 0 Å². The average molecular weight is 557 g/mol. The van der Waals surface area contributed by atoms with Gasteiger partial charge in [0, 0.05) is 27.1 Å². The minimum atomic E-state index is -1.67. The Morgan fingerprint density at radius 3 is 1.78 bits per heavy atom. The molecule has 1 saturated heterocycles. The predicted molar refractivity (Wildman–Crippen MR) is 144 cm³/mol. The van der Waals surface area contributed by atoms with Crippen molar-refractivity contribution in [2.45, 2.75) is 37.1 Å². The molecule has 0 bridgehead atoms. The molecule has 4 aromatic rings. The van der Waals surface area contributed by atoms with Crippen LogP contribution in [0.1, 0.15) is 57.7 Å². The van der Waals surface area contributed by atoms with Gasteiger partial charge >= 0.3 is 17.9 Å². The molecule has 0 radical (unpaired) electrons. The highest BCUT2D eigenvalue weighted by atomic mass is 16.6. The molecular weight excluding hydrogens is 532 g/mol. The summed E-state index contributed by atoms with van der Waals surface area (Å²) in [5.41, 5.74) is -3.23. The Hall–Kier alpha value is -4.99. The van der Waals surface area contributed by atoms with Crippen LogP contribution in [-0.2, 0) is 19.0 Å². The molecule has 1 fully saturated rings. The Balaban J connectivity index is 1.66. The molecule has 10 heteroatoms. The average Bonchev–Trinajstić information content (AvgIpc) is 3.42. The van der Waals surface area contributed by atoms with Crippen molar-refractivity contribution in [1.82, 2.24) is 0 Å². The molecule has 0 aromatic heterocycles. The van der Waals surface area contributed by atoms with Crippen LogP contribution in [0.3, 0.4) is 0 Å². The number of cyclic esters (lactones) is 1. The smallest absolute Gasteiger partial charge is 0.342 e. The molecule has 1 spiro atoms. The summed E-state index contributed by atoms with van der Waals surface area (Å²) in [6.07, 6.45) is -1.18. The topological polar surface area (TPSA) is 138 Å². The number of esters is 3. The van der Waals surface area contributed by atoms with Crippen molar-refractivity contribution in [3.63, 3.8) is 0 Å². The van der Waals surface area contributed by atoms with E-state index in [1.165, 1.54) is 14.2 Å². The number of carbonyl (C=O) groups is 3. The first-order valence-corrected chi connectivity index (χ1v) is 12.9. The fourth-order valence-corrected chi connectivity index (χ4v) is 6.79. The fraction of sp³-hybridized carbons (Fsp3) is 0.258. The van der Waals surface area contributed by atoms with Gasteiger partial charge in [0.1, 0.15) is 40.0 Å². The normalized spacial score (nSPS) is 23.0. The van der Waals surface area contributed by atoms with Gasteiger partial charge in [-0.25, -0.2) is 9.59 Å². The highest BCUT2D eigenvalue weighted by molar-refractivity contribution is 6.10. The van der Waals surface area contributed by atoms with Gasteiger partial charge in [-0.15, -0.1) is 0 Å². The second-order valence-electron chi connectivity index (χ2n) is 10.8. The number of phenols is 2. The Bertz CT molecular complexity index is 1870. The van der Waals surface area contributed by atoms with Crippen LogP contribution in [0.2, 0.25) is 0 Å². The van der Waals surface area contributed by atoms with Crippen LogP contribution in [0.4, 0.5) is 0 Å². The number of hydrogen-bond acceptors (Lipinski definition) is 10. The van der Waals surface area contributed by atoms with E-state index >= 15 is 0 Å². The summed E-state index contributed by atoms with van der Waals surface area (Å²) in [5, 5.41) is 24.2. The van der Waals surface area contributed by atoms with E-state index in [2.05, 4.69) is 0 Å². The molecule has 3 aliphatic rings. The first-order chi connectivity index (χ1) is 19.6. The summed E-state index contributed by atoms with van der Waals surface area (Å²) in [6.45, 7) is 3.30. The van der Waals surface area contributed by atoms with E-state index in [1.54, 1.807) is 62.4 Å². The molecule has 0 amide bonds. The first-order valence-electron chi connectivity index (χ1n) is 12.9. The molecular formula is C31H24O10. The Labute approximate surface area is 232 Å². The Morgan fingerprint density at radius 2 is 1.24 bits per heavy atom. The lowest BCUT2D eigenvalue weighted by Crippen LogP contribution is -2.59. The highest BCUT2D eigenvalue weighted by Gasteiger charge is 2.76. The lowest BCUT2D eigenvalue weighted by atomic mass is 9.67. The molecule has 208 valence electrons. The third kappa shape index (κ3) is 2.83. The molecule has 3 aliphatic heterocycles. The van der Waals surface area contributed by atoms with Gasteiger partial charge in [0.25, 0.3) is 0 Å². The van der Waals surface area contributed by atoms with E-state index in [-0.39, 0.29) is 45.3 Å². The monoisotopic (exact) mass is 556 g/mol. The zero-order valence-electron chi connectivity index (χ0n) is 22.4. The van der Waals surface area contributed by atoms with Gasteiger partial charge in [-0.2, -0.15) is 0 Å². The number of phenolic OH excluding ortho intramolecular Hbond substituents is 2. The predicted octanol–water partition coefficient (Wildman–Crippen LogP) is 4.66. The molecule has 4 aromatic carbocycles. The molecule has 3 heterocycles. The van der Waals surface area contributed by atoms with E-state index in [4.69, 9.17) is 23.7 Å². The van der Waals surface area contributed by atoms with Crippen LogP contribution in [0.15, 0.2) is 48.5 Å². The van der Waals surface area contributed by atoms with E-state index in [1.807, 2.05) is 0 Å². The van der Waals surface area contributed by atoms with Gasteiger partial charge in [0.2, 0.25) is 5.60 Å². The van der Waals surface area contributed by atoms with Crippen LogP contribution in [0.25, 0.3) is 21.5 Å². The molecule has 3 atom stereocenters. The maximum absolute atomic E-state index is 13.9. The van der Waals surface area contributed by atoms with Crippen LogP contribution in [0.5, 0.6) is 23.0 Å². The van der Waals surface area contributed by atoms with E-state index < -0.39 is 41.1 Å². The molecule has 7 rings (SSSR count). The number of carbonyl (C=O) groups excluding carboxylic acids is 3. The first kappa shape index (κ1) is 25.0. The standard InChI is InChI=1S/C31H24O10/c1-30(2)31-21(29(36)41-30)17-18(27(34)37-3)22(32)13-9-5-7-11-15(13)24(17)39-26(31)20-19(28(35)38-4)23(33)14-10-6-8-12-16(14)25(20)40-31/h5-12,21,26,32-33H,1-4H3/t21-,26+,31-/m0/s1. The van der Waals surface area contributed by atoms with Crippen molar-refractivity contribution in [1.29, 1.82) is 0 Å².